The lowest BCUT2D eigenvalue weighted by atomic mass is 10.1. The predicted octanol–water partition coefficient (Wildman–Crippen LogP) is 1.82. The van der Waals surface area contributed by atoms with E-state index in [0.29, 0.717) is 11.3 Å². The van der Waals surface area contributed by atoms with Crippen molar-refractivity contribution in [3.63, 3.8) is 0 Å². The fraction of sp³-hybridized carbons (Fsp3) is 0.200. The summed E-state index contributed by atoms with van der Waals surface area (Å²) < 4.78 is 4.61. The van der Waals surface area contributed by atoms with E-state index in [2.05, 4.69) is 16.3 Å². The van der Waals surface area contributed by atoms with Gasteiger partial charge in [-0.2, -0.15) is 0 Å². The maximum atomic E-state index is 11.2. The molecule has 0 saturated heterocycles. The summed E-state index contributed by atoms with van der Waals surface area (Å²) in [5, 5.41) is 0. The Bertz CT molecular complexity index is 345. The molecule has 0 amide bonds. The standard InChI is InChI=1S/C10H11NO2/c1-4-9-8(10(12)13-3)5-7(2)6-11-9/h4-6H,1H2,2-3H3. The zero-order valence-electron chi connectivity index (χ0n) is 7.70. The Hall–Kier alpha value is -1.64. The highest BCUT2D eigenvalue weighted by Crippen LogP contribution is 2.10. The lowest BCUT2D eigenvalue weighted by Crippen LogP contribution is -2.05. The summed E-state index contributed by atoms with van der Waals surface area (Å²) in [4.78, 5) is 15.3. The monoisotopic (exact) mass is 177 g/mol. The van der Waals surface area contributed by atoms with Gasteiger partial charge in [-0.25, -0.2) is 4.79 Å². The highest BCUT2D eigenvalue weighted by Gasteiger charge is 2.10. The van der Waals surface area contributed by atoms with Gasteiger partial charge in [0.25, 0.3) is 0 Å². The van der Waals surface area contributed by atoms with Crippen molar-refractivity contribution in [1.82, 2.24) is 4.98 Å². The van der Waals surface area contributed by atoms with Crippen LogP contribution >= 0.6 is 0 Å². The number of rotatable bonds is 2. The number of hydrogen-bond acceptors (Lipinski definition) is 3. The van der Waals surface area contributed by atoms with Gasteiger partial charge in [0.05, 0.1) is 18.4 Å². The molecule has 0 aliphatic rings. The van der Waals surface area contributed by atoms with Crippen LogP contribution in [0.4, 0.5) is 0 Å². The second-order valence-electron chi connectivity index (χ2n) is 2.64. The zero-order chi connectivity index (χ0) is 9.84. The van der Waals surface area contributed by atoms with Gasteiger partial charge in [-0.15, -0.1) is 0 Å². The van der Waals surface area contributed by atoms with Gasteiger partial charge in [0.1, 0.15) is 0 Å². The molecule has 0 fully saturated rings. The number of aryl methyl sites for hydroxylation is 1. The molecule has 1 rings (SSSR count). The molecule has 0 radical (unpaired) electrons. The molecule has 1 aromatic rings. The number of carbonyl (C=O) groups excluding carboxylic acids is 1. The minimum absolute atomic E-state index is 0.383. The van der Waals surface area contributed by atoms with Crippen molar-refractivity contribution in [2.75, 3.05) is 7.11 Å². The van der Waals surface area contributed by atoms with Crippen LogP contribution < -0.4 is 0 Å². The quantitative estimate of drug-likeness (QED) is 0.647. The molecule has 0 bridgehead atoms. The SMILES string of the molecule is C=Cc1ncc(C)cc1C(=O)OC. The van der Waals surface area contributed by atoms with Crippen LogP contribution in [0.3, 0.4) is 0 Å². The van der Waals surface area contributed by atoms with E-state index in [1.807, 2.05) is 6.92 Å². The van der Waals surface area contributed by atoms with Crippen LogP contribution in [0, 0.1) is 6.92 Å². The van der Waals surface area contributed by atoms with Gasteiger partial charge in [-0.1, -0.05) is 6.58 Å². The van der Waals surface area contributed by atoms with Crippen molar-refractivity contribution < 1.29 is 9.53 Å². The first kappa shape index (κ1) is 9.45. The molecule has 0 spiro atoms. The second-order valence-corrected chi connectivity index (χ2v) is 2.64. The number of aromatic nitrogens is 1. The first-order valence-electron chi connectivity index (χ1n) is 3.86. The topological polar surface area (TPSA) is 39.2 Å². The predicted molar refractivity (Wildman–Crippen MR) is 50.4 cm³/mol. The fourth-order valence-corrected chi connectivity index (χ4v) is 1.02. The highest BCUT2D eigenvalue weighted by atomic mass is 16.5. The molecule has 0 unspecified atom stereocenters. The van der Waals surface area contributed by atoms with Crippen LogP contribution in [0.15, 0.2) is 18.8 Å². The van der Waals surface area contributed by atoms with Gasteiger partial charge in [0, 0.05) is 6.20 Å². The molecule has 0 aliphatic carbocycles. The minimum Gasteiger partial charge on any atom is -0.465 e. The Balaban J connectivity index is 3.23. The molecule has 0 aromatic carbocycles. The summed E-state index contributed by atoms with van der Waals surface area (Å²) in [7, 11) is 1.34. The number of nitrogens with zero attached hydrogens (tertiary/aromatic N) is 1. The first-order chi connectivity index (χ1) is 6.19. The molecular weight excluding hydrogens is 166 g/mol. The van der Waals surface area contributed by atoms with Crippen LogP contribution in [-0.4, -0.2) is 18.1 Å². The van der Waals surface area contributed by atoms with Crippen molar-refractivity contribution in [3.05, 3.63) is 35.7 Å². The van der Waals surface area contributed by atoms with E-state index in [0.717, 1.165) is 5.56 Å². The number of ether oxygens (including phenoxy) is 1. The smallest absolute Gasteiger partial charge is 0.340 e. The fourth-order valence-electron chi connectivity index (χ4n) is 1.02. The average molecular weight is 177 g/mol. The molecule has 68 valence electrons. The lowest BCUT2D eigenvalue weighted by Gasteiger charge is -2.03. The largest absolute Gasteiger partial charge is 0.465 e. The molecule has 0 aliphatic heterocycles. The van der Waals surface area contributed by atoms with Gasteiger partial charge < -0.3 is 4.74 Å². The molecule has 0 atom stereocenters. The van der Waals surface area contributed by atoms with E-state index in [9.17, 15) is 4.79 Å². The molecular formula is C10H11NO2. The Kier molecular flexibility index (Phi) is 2.80. The number of pyridine rings is 1. The van der Waals surface area contributed by atoms with Crippen LogP contribution in [0.1, 0.15) is 21.6 Å². The number of methoxy groups -OCH3 is 1. The van der Waals surface area contributed by atoms with Crippen molar-refractivity contribution in [2.45, 2.75) is 6.92 Å². The summed E-state index contributed by atoms with van der Waals surface area (Å²) in [6, 6.07) is 1.73. The van der Waals surface area contributed by atoms with Gasteiger partial charge in [0.15, 0.2) is 0 Å². The minimum atomic E-state index is -0.383. The van der Waals surface area contributed by atoms with E-state index in [4.69, 9.17) is 0 Å². The Morgan fingerprint density at radius 1 is 1.69 bits per heavy atom. The lowest BCUT2D eigenvalue weighted by molar-refractivity contribution is 0.0600. The molecule has 3 heteroatoms. The van der Waals surface area contributed by atoms with Crippen LogP contribution in [0.5, 0.6) is 0 Å². The van der Waals surface area contributed by atoms with Crippen LogP contribution in [0.2, 0.25) is 0 Å². The van der Waals surface area contributed by atoms with Crippen molar-refractivity contribution in [1.29, 1.82) is 0 Å². The number of esters is 1. The molecule has 1 heterocycles. The van der Waals surface area contributed by atoms with E-state index in [1.54, 1.807) is 12.3 Å². The van der Waals surface area contributed by atoms with Gasteiger partial charge in [0.2, 0.25) is 0 Å². The third-order valence-electron chi connectivity index (χ3n) is 1.65. The van der Waals surface area contributed by atoms with Crippen molar-refractivity contribution >= 4 is 12.0 Å². The van der Waals surface area contributed by atoms with Gasteiger partial charge >= 0.3 is 5.97 Å². The normalized spacial score (nSPS) is 9.38. The Morgan fingerprint density at radius 2 is 2.38 bits per heavy atom. The van der Waals surface area contributed by atoms with E-state index >= 15 is 0 Å². The maximum absolute atomic E-state index is 11.2. The molecule has 13 heavy (non-hydrogen) atoms. The third-order valence-corrected chi connectivity index (χ3v) is 1.65. The summed E-state index contributed by atoms with van der Waals surface area (Å²) in [5.74, 6) is -0.383. The van der Waals surface area contributed by atoms with Crippen LogP contribution in [-0.2, 0) is 4.74 Å². The van der Waals surface area contributed by atoms with Crippen molar-refractivity contribution in [2.24, 2.45) is 0 Å². The Labute approximate surface area is 77.1 Å². The van der Waals surface area contributed by atoms with Gasteiger partial charge in [-0.05, 0) is 24.6 Å². The number of hydrogen-bond donors (Lipinski definition) is 0. The molecule has 3 nitrogen and oxygen atoms in total. The number of carbonyl (C=O) groups is 1. The molecule has 0 saturated carbocycles. The zero-order valence-corrected chi connectivity index (χ0v) is 7.70. The third kappa shape index (κ3) is 1.93. The second kappa shape index (κ2) is 3.85. The molecule has 0 N–H and O–H groups in total. The van der Waals surface area contributed by atoms with E-state index in [-0.39, 0.29) is 5.97 Å². The summed E-state index contributed by atoms with van der Waals surface area (Å²) in [6.07, 6.45) is 3.22. The first-order valence-corrected chi connectivity index (χ1v) is 3.86. The van der Waals surface area contributed by atoms with Gasteiger partial charge in [-0.3, -0.25) is 4.98 Å². The summed E-state index contributed by atoms with van der Waals surface area (Å²) in [5.41, 5.74) is 1.93. The van der Waals surface area contributed by atoms with E-state index < -0.39 is 0 Å². The maximum Gasteiger partial charge on any atom is 0.340 e. The van der Waals surface area contributed by atoms with Crippen molar-refractivity contribution in [3.8, 4) is 0 Å². The Morgan fingerprint density at radius 3 is 2.92 bits per heavy atom. The summed E-state index contributed by atoms with van der Waals surface area (Å²) >= 11 is 0. The average Bonchev–Trinajstić information content (AvgIpc) is 2.16. The highest BCUT2D eigenvalue weighted by molar-refractivity contribution is 5.92. The van der Waals surface area contributed by atoms with Crippen LogP contribution in [0.25, 0.3) is 6.08 Å². The summed E-state index contributed by atoms with van der Waals surface area (Å²) in [6.45, 7) is 5.44. The molecule has 1 aromatic heterocycles. The van der Waals surface area contributed by atoms with E-state index in [1.165, 1.54) is 13.2 Å².